The molecule has 1 amide bonds. The van der Waals surface area contributed by atoms with Crippen LogP contribution in [0.15, 0.2) is 36.7 Å². The molecular formula is C22H18F3N5O. The first-order valence-corrected chi connectivity index (χ1v) is 9.73. The first kappa shape index (κ1) is 19.3. The second kappa shape index (κ2) is 6.97. The van der Waals surface area contributed by atoms with E-state index >= 15 is 0 Å². The fourth-order valence-corrected chi connectivity index (χ4v) is 4.20. The van der Waals surface area contributed by atoms with Crippen LogP contribution in [0, 0.1) is 17.5 Å². The summed E-state index contributed by atoms with van der Waals surface area (Å²) in [4.78, 5) is 19.1. The third-order valence-electron chi connectivity index (χ3n) is 5.70. The van der Waals surface area contributed by atoms with E-state index < -0.39 is 17.5 Å². The van der Waals surface area contributed by atoms with E-state index in [0.29, 0.717) is 29.9 Å². The van der Waals surface area contributed by atoms with Gasteiger partial charge in [0.1, 0.15) is 5.65 Å². The van der Waals surface area contributed by atoms with Crippen LogP contribution < -0.4 is 0 Å². The third kappa shape index (κ3) is 3.08. The number of hydrogen-bond acceptors (Lipinski definition) is 3. The van der Waals surface area contributed by atoms with Gasteiger partial charge in [0.2, 0.25) is 0 Å². The van der Waals surface area contributed by atoms with E-state index in [0.717, 1.165) is 28.7 Å². The first-order valence-electron chi connectivity index (χ1n) is 9.73. The lowest BCUT2D eigenvalue weighted by Crippen LogP contribution is -2.36. The predicted octanol–water partition coefficient (Wildman–Crippen LogP) is 3.59. The normalized spacial score (nSPS) is 13.6. The quantitative estimate of drug-likeness (QED) is 0.462. The van der Waals surface area contributed by atoms with E-state index in [2.05, 4.69) is 10.1 Å². The molecule has 0 saturated heterocycles. The number of aryl methyl sites for hydroxylation is 2. The SMILES string of the molecule is Cn1nc2c(c1-c1cc(F)c(F)c(F)c1)CCN(C(=O)c1cnc3c(ccn3C)c1)C2. The van der Waals surface area contributed by atoms with Crippen LogP contribution >= 0.6 is 0 Å². The van der Waals surface area contributed by atoms with Gasteiger partial charge in [-0.15, -0.1) is 0 Å². The van der Waals surface area contributed by atoms with Crippen LogP contribution in [0.3, 0.4) is 0 Å². The van der Waals surface area contributed by atoms with Crippen LogP contribution in [-0.4, -0.2) is 36.7 Å². The third-order valence-corrected chi connectivity index (χ3v) is 5.70. The Bertz CT molecular complexity index is 1330. The molecule has 31 heavy (non-hydrogen) atoms. The predicted molar refractivity (Wildman–Crippen MR) is 108 cm³/mol. The molecule has 0 aliphatic carbocycles. The Balaban J connectivity index is 1.46. The molecule has 0 radical (unpaired) electrons. The molecule has 0 spiro atoms. The number of amides is 1. The molecule has 1 aliphatic heterocycles. The maximum atomic E-state index is 13.8. The van der Waals surface area contributed by atoms with Gasteiger partial charge in [-0.3, -0.25) is 9.48 Å². The topological polar surface area (TPSA) is 56.0 Å². The number of carbonyl (C=O) groups excluding carboxylic acids is 1. The molecule has 3 aromatic heterocycles. The van der Waals surface area contributed by atoms with Gasteiger partial charge in [-0.1, -0.05) is 0 Å². The van der Waals surface area contributed by atoms with E-state index in [1.54, 1.807) is 18.1 Å². The lowest BCUT2D eigenvalue weighted by atomic mass is 9.99. The maximum Gasteiger partial charge on any atom is 0.255 e. The largest absolute Gasteiger partial charge is 0.336 e. The highest BCUT2D eigenvalue weighted by molar-refractivity contribution is 5.97. The average Bonchev–Trinajstić information content (AvgIpc) is 3.29. The van der Waals surface area contributed by atoms with Gasteiger partial charge in [-0.25, -0.2) is 18.2 Å². The van der Waals surface area contributed by atoms with Crippen molar-refractivity contribution in [2.45, 2.75) is 13.0 Å². The van der Waals surface area contributed by atoms with Gasteiger partial charge in [0.25, 0.3) is 5.91 Å². The molecule has 1 aliphatic rings. The van der Waals surface area contributed by atoms with Crippen molar-refractivity contribution in [1.29, 1.82) is 0 Å². The highest BCUT2D eigenvalue weighted by atomic mass is 19.2. The number of carbonyl (C=O) groups is 1. The summed E-state index contributed by atoms with van der Waals surface area (Å²) in [5.41, 5.74) is 3.47. The maximum absolute atomic E-state index is 13.8. The fourth-order valence-electron chi connectivity index (χ4n) is 4.20. The van der Waals surface area contributed by atoms with Crippen LogP contribution in [0.4, 0.5) is 13.2 Å². The van der Waals surface area contributed by atoms with E-state index in [-0.39, 0.29) is 18.0 Å². The Labute approximate surface area is 175 Å². The second-order valence-electron chi connectivity index (χ2n) is 7.69. The second-order valence-corrected chi connectivity index (χ2v) is 7.69. The standard InChI is InChI=1S/C22H18F3N5O/c1-28-5-3-12-7-14(10-26-21(12)28)22(31)30-6-4-15-18(11-30)27-29(2)20(15)13-8-16(23)19(25)17(24)9-13/h3,5,7-10H,4,6,11H2,1-2H3. The molecular weight excluding hydrogens is 407 g/mol. The summed E-state index contributed by atoms with van der Waals surface area (Å²) in [7, 11) is 3.55. The molecule has 0 saturated carbocycles. The van der Waals surface area contributed by atoms with Gasteiger partial charge < -0.3 is 9.47 Å². The van der Waals surface area contributed by atoms with Gasteiger partial charge in [0, 0.05) is 49.5 Å². The number of aromatic nitrogens is 4. The molecule has 1 aromatic carbocycles. The zero-order valence-corrected chi connectivity index (χ0v) is 16.9. The summed E-state index contributed by atoms with van der Waals surface area (Å²) in [6.45, 7) is 0.685. The molecule has 158 valence electrons. The van der Waals surface area contributed by atoms with Gasteiger partial charge in [-0.05, 0) is 30.7 Å². The van der Waals surface area contributed by atoms with Crippen molar-refractivity contribution in [1.82, 2.24) is 24.2 Å². The summed E-state index contributed by atoms with van der Waals surface area (Å²) < 4.78 is 44.3. The van der Waals surface area contributed by atoms with Crippen molar-refractivity contribution in [3.05, 3.63) is 70.9 Å². The van der Waals surface area contributed by atoms with Crippen molar-refractivity contribution in [3.63, 3.8) is 0 Å². The van der Waals surface area contributed by atoms with Crippen LogP contribution in [0.25, 0.3) is 22.3 Å². The minimum absolute atomic E-state index is 0.157. The van der Waals surface area contributed by atoms with Gasteiger partial charge in [-0.2, -0.15) is 5.10 Å². The van der Waals surface area contributed by atoms with Crippen LogP contribution in [0.2, 0.25) is 0 Å². The smallest absolute Gasteiger partial charge is 0.255 e. The summed E-state index contributed by atoms with van der Waals surface area (Å²) in [5, 5.41) is 5.34. The molecule has 6 nitrogen and oxygen atoms in total. The molecule has 0 N–H and O–H groups in total. The van der Waals surface area contributed by atoms with Crippen molar-refractivity contribution >= 4 is 16.9 Å². The van der Waals surface area contributed by atoms with Gasteiger partial charge in [0.05, 0.1) is 23.5 Å². The Hall–Kier alpha value is -3.62. The molecule has 5 rings (SSSR count). The number of hydrogen-bond donors (Lipinski definition) is 0. The first-order chi connectivity index (χ1) is 14.8. The van der Waals surface area contributed by atoms with E-state index in [9.17, 15) is 18.0 Å². The van der Waals surface area contributed by atoms with Gasteiger partial charge >= 0.3 is 0 Å². The number of halogens is 3. The van der Waals surface area contributed by atoms with Gasteiger partial charge in [0.15, 0.2) is 17.5 Å². The summed E-state index contributed by atoms with van der Waals surface area (Å²) in [5.74, 6) is -4.15. The monoisotopic (exact) mass is 425 g/mol. The van der Waals surface area contributed by atoms with Crippen LogP contribution in [0.5, 0.6) is 0 Å². The Kier molecular flexibility index (Phi) is 4.35. The average molecular weight is 425 g/mol. The molecule has 4 aromatic rings. The molecule has 0 bridgehead atoms. The van der Waals surface area contributed by atoms with E-state index in [4.69, 9.17) is 0 Å². The lowest BCUT2D eigenvalue weighted by molar-refractivity contribution is 0.0732. The zero-order chi connectivity index (χ0) is 21.9. The fraction of sp³-hybridized carbons (Fsp3) is 0.227. The molecule has 0 unspecified atom stereocenters. The van der Waals surface area contributed by atoms with Crippen molar-refractivity contribution in [2.75, 3.05) is 6.54 Å². The number of benzene rings is 1. The Morgan fingerprint density at radius 2 is 1.84 bits per heavy atom. The van der Waals surface area contributed by atoms with Crippen molar-refractivity contribution in [2.24, 2.45) is 14.1 Å². The lowest BCUT2D eigenvalue weighted by Gasteiger charge is -2.26. The highest BCUT2D eigenvalue weighted by Crippen LogP contribution is 2.32. The zero-order valence-electron chi connectivity index (χ0n) is 16.9. The summed E-state index contributed by atoms with van der Waals surface area (Å²) in [6.07, 6.45) is 3.91. The minimum atomic E-state index is -1.50. The molecule has 9 heteroatoms. The Morgan fingerprint density at radius 1 is 1.10 bits per heavy atom. The summed E-state index contributed by atoms with van der Waals surface area (Å²) >= 11 is 0. The molecule has 4 heterocycles. The number of rotatable bonds is 2. The number of pyridine rings is 1. The molecule has 0 atom stereocenters. The molecule has 0 fully saturated rings. The highest BCUT2D eigenvalue weighted by Gasteiger charge is 2.28. The number of fused-ring (bicyclic) bond motifs is 2. The van der Waals surface area contributed by atoms with Crippen LogP contribution in [-0.2, 0) is 27.1 Å². The van der Waals surface area contributed by atoms with Crippen LogP contribution in [0.1, 0.15) is 21.6 Å². The number of nitrogens with zero attached hydrogens (tertiary/aromatic N) is 5. The van der Waals surface area contributed by atoms with Crippen molar-refractivity contribution < 1.29 is 18.0 Å². The summed E-state index contributed by atoms with van der Waals surface area (Å²) in [6, 6.07) is 5.65. The van der Waals surface area contributed by atoms with E-state index in [1.165, 1.54) is 4.68 Å². The Morgan fingerprint density at radius 3 is 2.58 bits per heavy atom. The van der Waals surface area contributed by atoms with E-state index in [1.807, 2.05) is 29.9 Å². The van der Waals surface area contributed by atoms with Crippen molar-refractivity contribution in [3.8, 4) is 11.3 Å². The minimum Gasteiger partial charge on any atom is -0.336 e.